The van der Waals surface area contributed by atoms with E-state index in [2.05, 4.69) is 5.32 Å². The zero-order chi connectivity index (χ0) is 18.5. The van der Waals surface area contributed by atoms with Crippen molar-refractivity contribution in [1.82, 2.24) is 4.90 Å². The molecule has 1 heterocycles. The second kappa shape index (κ2) is 8.38. The monoisotopic (exact) mass is 360 g/mol. The molecule has 26 heavy (non-hydrogen) atoms. The van der Waals surface area contributed by atoms with Gasteiger partial charge in [0.05, 0.1) is 12.6 Å². The highest BCUT2D eigenvalue weighted by Gasteiger charge is 2.26. The highest BCUT2D eigenvalue weighted by molar-refractivity contribution is 5.92. The number of aliphatic hydroxyl groups excluding tert-OH is 1. The van der Waals surface area contributed by atoms with E-state index in [1.165, 1.54) is 6.07 Å². The Bertz CT molecular complexity index is 747. The van der Waals surface area contributed by atoms with Crippen molar-refractivity contribution in [2.24, 2.45) is 5.92 Å². The van der Waals surface area contributed by atoms with Gasteiger partial charge in [0.2, 0.25) is 5.91 Å². The maximum atomic E-state index is 13.2. The maximum Gasteiger partial charge on any atom is 0.238 e. The number of carbonyl (C=O) groups excluding carboxylic acids is 1. The van der Waals surface area contributed by atoms with Gasteiger partial charge >= 0.3 is 0 Å². The summed E-state index contributed by atoms with van der Waals surface area (Å²) in [6, 6.07) is 12.9. The molecule has 138 valence electrons. The van der Waals surface area contributed by atoms with Crippen LogP contribution in [0.1, 0.15) is 24.5 Å². The third-order valence-corrected chi connectivity index (χ3v) is 4.79. The van der Waals surface area contributed by atoms with Gasteiger partial charge in [0.15, 0.2) is 11.6 Å². The van der Waals surface area contributed by atoms with Crippen molar-refractivity contribution in [2.45, 2.75) is 18.9 Å². The quantitative estimate of drug-likeness (QED) is 0.860. The lowest BCUT2D eigenvalue weighted by Gasteiger charge is -2.34. The number of nitrogens with zero attached hydrogens (tertiary/aromatic N) is 1. The lowest BCUT2D eigenvalue weighted by atomic mass is 9.87. The van der Waals surface area contributed by atoms with Gasteiger partial charge in [0, 0.05) is 11.8 Å². The van der Waals surface area contributed by atoms with Gasteiger partial charge in [-0.15, -0.1) is 0 Å². The minimum atomic E-state index is -0.987. The topological polar surface area (TPSA) is 52.6 Å². The van der Waals surface area contributed by atoms with Crippen molar-refractivity contribution in [1.29, 1.82) is 0 Å². The van der Waals surface area contributed by atoms with Gasteiger partial charge in [-0.3, -0.25) is 9.69 Å². The van der Waals surface area contributed by atoms with Gasteiger partial charge in [-0.2, -0.15) is 0 Å². The number of nitrogens with one attached hydrogen (secondary N) is 1. The van der Waals surface area contributed by atoms with Crippen molar-refractivity contribution < 1.29 is 18.7 Å². The lowest BCUT2D eigenvalue weighted by Crippen LogP contribution is -2.40. The zero-order valence-electron chi connectivity index (χ0n) is 14.4. The van der Waals surface area contributed by atoms with E-state index < -0.39 is 17.7 Å². The van der Waals surface area contributed by atoms with E-state index in [9.17, 15) is 18.7 Å². The molecule has 0 aliphatic carbocycles. The fourth-order valence-corrected chi connectivity index (χ4v) is 3.33. The van der Waals surface area contributed by atoms with Crippen LogP contribution in [0.3, 0.4) is 0 Å². The Morgan fingerprint density at radius 2 is 1.81 bits per heavy atom. The molecule has 3 rings (SSSR count). The van der Waals surface area contributed by atoms with Crippen molar-refractivity contribution in [3.05, 3.63) is 65.7 Å². The predicted molar refractivity (Wildman–Crippen MR) is 95.6 cm³/mol. The molecule has 0 spiro atoms. The fourth-order valence-electron chi connectivity index (χ4n) is 3.33. The summed E-state index contributed by atoms with van der Waals surface area (Å²) in [6.07, 6.45) is 1.11. The molecule has 1 aliphatic heterocycles. The molecule has 0 radical (unpaired) electrons. The number of hydrogen-bond acceptors (Lipinski definition) is 3. The highest BCUT2D eigenvalue weighted by atomic mass is 19.2. The van der Waals surface area contributed by atoms with E-state index in [1.54, 1.807) is 0 Å². The number of anilines is 1. The summed E-state index contributed by atoms with van der Waals surface area (Å²) in [7, 11) is 0. The lowest BCUT2D eigenvalue weighted by molar-refractivity contribution is -0.117. The largest absolute Gasteiger partial charge is 0.388 e. The molecule has 1 aliphatic rings. The Kier molecular flexibility index (Phi) is 5.96. The third-order valence-electron chi connectivity index (χ3n) is 4.79. The van der Waals surface area contributed by atoms with Crippen LogP contribution in [0.15, 0.2) is 48.5 Å². The van der Waals surface area contributed by atoms with Gasteiger partial charge in [0.25, 0.3) is 0 Å². The Morgan fingerprint density at radius 3 is 2.46 bits per heavy atom. The second-order valence-electron chi connectivity index (χ2n) is 6.65. The van der Waals surface area contributed by atoms with Gasteiger partial charge in [-0.1, -0.05) is 30.3 Å². The maximum absolute atomic E-state index is 13.2. The molecule has 4 nitrogen and oxygen atoms in total. The van der Waals surface area contributed by atoms with Gasteiger partial charge in [0.1, 0.15) is 0 Å². The standard InChI is InChI=1S/C20H22F2N2O2/c21-17-7-6-16(12-18(17)22)23-19(25)13-24-10-8-15(9-11-24)20(26)14-4-2-1-3-5-14/h1-7,12,15,20,26H,8-11,13H2,(H,23,25)/t20-/m0/s1. The summed E-state index contributed by atoms with van der Waals surface area (Å²) in [6.45, 7) is 1.60. The zero-order valence-corrected chi connectivity index (χ0v) is 14.4. The Labute approximate surface area is 151 Å². The molecule has 0 unspecified atom stereocenters. The molecule has 1 fully saturated rings. The van der Waals surface area contributed by atoms with Crippen LogP contribution in [0, 0.1) is 17.6 Å². The van der Waals surface area contributed by atoms with Crippen LogP contribution in [-0.2, 0) is 4.79 Å². The van der Waals surface area contributed by atoms with E-state index in [4.69, 9.17) is 0 Å². The van der Waals surface area contributed by atoms with Crippen molar-refractivity contribution in [2.75, 3.05) is 25.0 Å². The van der Waals surface area contributed by atoms with Crippen LogP contribution in [0.2, 0.25) is 0 Å². The number of benzene rings is 2. The first-order valence-corrected chi connectivity index (χ1v) is 8.73. The summed E-state index contributed by atoms with van der Waals surface area (Å²) < 4.78 is 26.1. The SMILES string of the molecule is O=C(CN1CCC([C@@H](O)c2ccccc2)CC1)Nc1ccc(F)c(F)c1. The molecule has 1 atom stereocenters. The van der Waals surface area contributed by atoms with Gasteiger partial charge < -0.3 is 10.4 Å². The van der Waals surface area contributed by atoms with Gasteiger partial charge in [-0.05, 0) is 49.5 Å². The molecule has 0 aromatic heterocycles. The van der Waals surface area contributed by atoms with Gasteiger partial charge in [-0.25, -0.2) is 8.78 Å². The molecule has 0 bridgehead atoms. The van der Waals surface area contributed by atoms with E-state index >= 15 is 0 Å². The minimum Gasteiger partial charge on any atom is -0.388 e. The van der Waals surface area contributed by atoms with E-state index in [-0.39, 0.29) is 24.1 Å². The van der Waals surface area contributed by atoms with Crippen LogP contribution in [0.25, 0.3) is 0 Å². The summed E-state index contributed by atoms with van der Waals surface area (Å²) in [4.78, 5) is 14.1. The van der Waals surface area contributed by atoms with Crippen LogP contribution in [-0.4, -0.2) is 35.5 Å². The summed E-state index contributed by atoms with van der Waals surface area (Å²) in [5.74, 6) is -2.03. The number of hydrogen-bond donors (Lipinski definition) is 2. The first kappa shape index (κ1) is 18.5. The number of aliphatic hydroxyl groups is 1. The number of amides is 1. The molecule has 2 N–H and O–H groups in total. The smallest absolute Gasteiger partial charge is 0.238 e. The molecular weight excluding hydrogens is 338 g/mol. The van der Waals surface area contributed by atoms with Crippen LogP contribution < -0.4 is 5.32 Å². The normalized spacial score (nSPS) is 17.0. The third kappa shape index (κ3) is 4.65. The average Bonchev–Trinajstić information content (AvgIpc) is 2.65. The first-order valence-electron chi connectivity index (χ1n) is 8.73. The molecule has 2 aromatic carbocycles. The van der Waals surface area contributed by atoms with Crippen LogP contribution in [0.4, 0.5) is 14.5 Å². The number of carbonyl (C=O) groups is 1. The number of rotatable bonds is 5. The molecule has 6 heteroatoms. The summed E-state index contributed by atoms with van der Waals surface area (Å²) in [5, 5.41) is 13.1. The minimum absolute atomic E-state index is 0.169. The Morgan fingerprint density at radius 1 is 1.12 bits per heavy atom. The Hall–Kier alpha value is -2.31. The predicted octanol–water partition coefficient (Wildman–Crippen LogP) is 3.35. The summed E-state index contributed by atoms with van der Waals surface area (Å²) in [5.41, 5.74) is 1.16. The summed E-state index contributed by atoms with van der Waals surface area (Å²) >= 11 is 0. The fraction of sp³-hybridized carbons (Fsp3) is 0.350. The Balaban J connectivity index is 1.47. The number of likely N-dealkylation sites (tertiary alicyclic amines) is 1. The van der Waals surface area contributed by atoms with E-state index in [0.29, 0.717) is 13.1 Å². The molecule has 1 saturated heterocycles. The van der Waals surface area contributed by atoms with Crippen molar-refractivity contribution in [3.8, 4) is 0 Å². The number of halogens is 2. The molecule has 0 saturated carbocycles. The average molecular weight is 360 g/mol. The van der Waals surface area contributed by atoms with Crippen molar-refractivity contribution in [3.63, 3.8) is 0 Å². The van der Waals surface area contributed by atoms with Crippen molar-refractivity contribution >= 4 is 11.6 Å². The number of piperidine rings is 1. The second-order valence-corrected chi connectivity index (χ2v) is 6.65. The highest BCUT2D eigenvalue weighted by Crippen LogP contribution is 2.30. The molecule has 1 amide bonds. The molecule has 2 aromatic rings. The van der Waals surface area contributed by atoms with E-state index in [1.807, 2.05) is 35.2 Å². The van der Waals surface area contributed by atoms with Crippen LogP contribution >= 0.6 is 0 Å². The molecular formula is C20H22F2N2O2. The van der Waals surface area contributed by atoms with Crippen LogP contribution in [0.5, 0.6) is 0 Å². The van der Waals surface area contributed by atoms with E-state index in [0.717, 1.165) is 30.5 Å². The first-order chi connectivity index (χ1) is 12.5.